The van der Waals surface area contributed by atoms with E-state index in [1.165, 1.54) is 24.0 Å². The maximum Gasteiger partial charge on any atom is 0.0852 e. The molecule has 1 aromatic rings. The minimum Gasteiger partial charge on any atom is -0.376 e. The maximum absolute atomic E-state index is 5.73. The lowest BCUT2D eigenvalue weighted by atomic mass is 9.86. The Balaban J connectivity index is 2.18. The Morgan fingerprint density at radius 2 is 1.94 bits per heavy atom. The molecule has 1 unspecified atom stereocenters. The molecule has 0 saturated carbocycles. The number of rotatable bonds is 3. The number of hydrogen-bond acceptors (Lipinski definition) is 2. The van der Waals surface area contributed by atoms with Crippen LogP contribution in [0, 0.1) is 12.8 Å². The first kappa shape index (κ1) is 11.6. The standard InChI is InChI=1S/C14H21NO/c1-11-5-3-4-6-13(11)14(16-2)12-7-9-15-10-8-12/h3-6,12,14-15H,7-10H2,1-2H3. The number of piperidine rings is 1. The summed E-state index contributed by atoms with van der Waals surface area (Å²) in [6.07, 6.45) is 2.70. The number of hydrogen-bond donors (Lipinski definition) is 1. The summed E-state index contributed by atoms with van der Waals surface area (Å²) in [5, 5.41) is 3.40. The van der Waals surface area contributed by atoms with E-state index in [9.17, 15) is 0 Å². The third-order valence-electron chi connectivity index (χ3n) is 3.56. The van der Waals surface area contributed by atoms with E-state index in [4.69, 9.17) is 4.74 Å². The van der Waals surface area contributed by atoms with Crippen molar-refractivity contribution < 1.29 is 4.74 Å². The van der Waals surface area contributed by atoms with E-state index in [0.29, 0.717) is 5.92 Å². The topological polar surface area (TPSA) is 21.3 Å². The fourth-order valence-corrected chi connectivity index (χ4v) is 2.63. The summed E-state index contributed by atoms with van der Waals surface area (Å²) in [5.41, 5.74) is 2.70. The molecule has 16 heavy (non-hydrogen) atoms. The average molecular weight is 219 g/mol. The van der Waals surface area contributed by atoms with Crippen molar-refractivity contribution >= 4 is 0 Å². The first-order valence-corrected chi connectivity index (χ1v) is 6.12. The van der Waals surface area contributed by atoms with Crippen LogP contribution in [0.1, 0.15) is 30.1 Å². The van der Waals surface area contributed by atoms with Crippen LogP contribution in [0.5, 0.6) is 0 Å². The van der Waals surface area contributed by atoms with Crippen molar-refractivity contribution in [1.29, 1.82) is 0 Å². The summed E-state index contributed by atoms with van der Waals surface area (Å²) >= 11 is 0. The molecule has 1 N–H and O–H groups in total. The molecule has 2 rings (SSSR count). The number of nitrogens with one attached hydrogen (secondary N) is 1. The van der Waals surface area contributed by atoms with E-state index in [2.05, 4.69) is 36.5 Å². The highest BCUT2D eigenvalue weighted by Gasteiger charge is 2.25. The molecule has 1 fully saturated rings. The summed E-state index contributed by atoms with van der Waals surface area (Å²) in [4.78, 5) is 0. The molecule has 0 amide bonds. The maximum atomic E-state index is 5.73. The van der Waals surface area contributed by atoms with Crippen LogP contribution in [0.15, 0.2) is 24.3 Å². The molecule has 1 atom stereocenters. The molecule has 2 heteroatoms. The Bertz CT molecular complexity index is 331. The third-order valence-corrected chi connectivity index (χ3v) is 3.56. The smallest absolute Gasteiger partial charge is 0.0852 e. The zero-order valence-corrected chi connectivity index (χ0v) is 10.2. The van der Waals surface area contributed by atoms with Crippen molar-refractivity contribution in [1.82, 2.24) is 5.32 Å². The van der Waals surface area contributed by atoms with Crippen LogP contribution in [0.25, 0.3) is 0 Å². The molecular weight excluding hydrogens is 198 g/mol. The summed E-state index contributed by atoms with van der Waals surface area (Å²) in [6, 6.07) is 8.57. The van der Waals surface area contributed by atoms with Gasteiger partial charge >= 0.3 is 0 Å². The van der Waals surface area contributed by atoms with Gasteiger partial charge in [0.25, 0.3) is 0 Å². The lowest BCUT2D eigenvalue weighted by Crippen LogP contribution is -2.31. The summed E-state index contributed by atoms with van der Waals surface area (Å²) < 4.78 is 5.73. The minimum atomic E-state index is 0.267. The van der Waals surface area contributed by atoms with Crippen molar-refractivity contribution in [3.8, 4) is 0 Å². The van der Waals surface area contributed by atoms with Gasteiger partial charge < -0.3 is 10.1 Å². The molecule has 0 aliphatic carbocycles. The second-order valence-electron chi connectivity index (χ2n) is 4.60. The van der Waals surface area contributed by atoms with Crippen LogP contribution >= 0.6 is 0 Å². The van der Waals surface area contributed by atoms with Gasteiger partial charge in [-0.05, 0) is 49.9 Å². The first-order valence-electron chi connectivity index (χ1n) is 6.12. The quantitative estimate of drug-likeness (QED) is 0.844. The number of aryl methyl sites for hydroxylation is 1. The normalized spacial score (nSPS) is 19.6. The fraction of sp³-hybridized carbons (Fsp3) is 0.571. The third kappa shape index (κ3) is 2.45. The Morgan fingerprint density at radius 3 is 2.56 bits per heavy atom. The molecule has 1 saturated heterocycles. The van der Waals surface area contributed by atoms with Gasteiger partial charge in [-0.1, -0.05) is 24.3 Å². The highest BCUT2D eigenvalue weighted by molar-refractivity contribution is 5.28. The molecule has 88 valence electrons. The Labute approximate surface area is 98.0 Å². The SMILES string of the molecule is COC(c1ccccc1C)C1CCNCC1. The molecule has 2 nitrogen and oxygen atoms in total. The van der Waals surface area contributed by atoms with Crippen molar-refractivity contribution in [3.63, 3.8) is 0 Å². The second-order valence-corrected chi connectivity index (χ2v) is 4.60. The molecule has 0 spiro atoms. The van der Waals surface area contributed by atoms with Gasteiger partial charge in [0, 0.05) is 7.11 Å². The number of methoxy groups -OCH3 is 1. The molecule has 1 aliphatic heterocycles. The highest BCUT2D eigenvalue weighted by Crippen LogP contribution is 2.33. The molecule has 0 aromatic heterocycles. The van der Waals surface area contributed by atoms with Crippen molar-refractivity contribution in [2.24, 2.45) is 5.92 Å². The van der Waals surface area contributed by atoms with E-state index < -0.39 is 0 Å². The number of benzene rings is 1. The fourth-order valence-electron chi connectivity index (χ4n) is 2.63. The van der Waals surface area contributed by atoms with Gasteiger partial charge in [-0.15, -0.1) is 0 Å². The van der Waals surface area contributed by atoms with Crippen LogP contribution < -0.4 is 5.32 Å². The number of ether oxygens (including phenoxy) is 1. The largest absolute Gasteiger partial charge is 0.376 e. The second kappa shape index (κ2) is 5.46. The Kier molecular flexibility index (Phi) is 3.97. The molecule has 1 heterocycles. The lowest BCUT2D eigenvalue weighted by Gasteiger charge is -2.30. The van der Waals surface area contributed by atoms with Crippen LogP contribution in [-0.4, -0.2) is 20.2 Å². The van der Waals surface area contributed by atoms with Gasteiger partial charge in [0.15, 0.2) is 0 Å². The molecule has 1 aliphatic rings. The van der Waals surface area contributed by atoms with Crippen LogP contribution in [0.4, 0.5) is 0 Å². The summed E-state index contributed by atoms with van der Waals surface area (Å²) in [6.45, 7) is 4.41. The van der Waals surface area contributed by atoms with E-state index in [1.807, 2.05) is 7.11 Å². The van der Waals surface area contributed by atoms with E-state index in [-0.39, 0.29) is 6.10 Å². The van der Waals surface area contributed by atoms with Gasteiger partial charge in [0.05, 0.1) is 6.10 Å². The zero-order valence-electron chi connectivity index (χ0n) is 10.2. The Hall–Kier alpha value is -0.860. The first-order chi connectivity index (χ1) is 7.83. The predicted octanol–water partition coefficient (Wildman–Crippen LogP) is 2.68. The van der Waals surface area contributed by atoms with Gasteiger partial charge in [-0.25, -0.2) is 0 Å². The molecular formula is C14H21NO. The van der Waals surface area contributed by atoms with Crippen molar-refractivity contribution in [3.05, 3.63) is 35.4 Å². The van der Waals surface area contributed by atoms with Gasteiger partial charge in [-0.3, -0.25) is 0 Å². The summed E-state index contributed by atoms with van der Waals surface area (Å²) in [7, 11) is 1.83. The summed E-state index contributed by atoms with van der Waals surface area (Å²) in [5.74, 6) is 0.660. The highest BCUT2D eigenvalue weighted by atomic mass is 16.5. The van der Waals surface area contributed by atoms with Gasteiger partial charge in [-0.2, -0.15) is 0 Å². The molecule has 0 radical (unpaired) electrons. The predicted molar refractivity (Wildman–Crippen MR) is 66.5 cm³/mol. The zero-order chi connectivity index (χ0) is 11.4. The van der Waals surface area contributed by atoms with Crippen LogP contribution in [0.2, 0.25) is 0 Å². The lowest BCUT2D eigenvalue weighted by molar-refractivity contribution is 0.0378. The van der Waals surface area contributed by atoms with E-state index >= 15 is 0 Å². The molecule has 0 bridgehead atoms. The van der Waals surface area contributed by atoms with Crippen molar-refractivity contribution in [2.75, 3.05) is 20.2 Å². The van der Waals surface area contributed by atoms with E-state index in [1.54, 1.807) is 0 Å². The minimum absolute atomic E-state index is 0.267. The molecule has 1 aromatic carbocycles. The van der Waals surface area contributed by atoms with Gasteiger partial charge in [0.2, 0.25) is 0 Å². The Morgan fingerprint density at radius 1 is 1.25 bits per heavy atom. The van der Waals surface area contributed by atoms with Crippen molar-refractivity contribution in [2.45, 2.75) is 25.9 Å². The monoisotopic (exact) mass is 219 g/mol. The van der Waals surface area contributed by atoms with E-state index in [0.717, 1.165) is 13.1 Å². The van der Waals surface area contributed by atoms with Gasteiger partial charge in [0.1, 0.15) is 0 Å². The van der Waals surface area contributed by atoms with Crippen LogP contribution in [-0.2, 0) is 4.74 Å². The van der Waals surface area contributed by atoms with Crippen LogP contribution in [0.3, 0.4) is 0 Å². The average Bonchev–Trinajstić information content (AvgIpc) is 2.34.